The first kappa shape index (κ1) is 19.2. The van der Waals surface area contributed by atoms with Crippen molar-refractivity contribution in [1.29, 1.82) is 0 Å². The Bertz CT molecular complexity index is 550. The number of ether oxygens (including phenoxy) is 1. The van der Waals surface area contributed by atoms with E-state index < -0.39 is 5.97 Å². The highest BCUT2D eigenvalue weighted by molar-refractivity contribution is 6.00. The van der Waals surface area contributed by atoms with E-state index in [1.165, 1.54) is 7.11 Å². The standard InChI is InChI=1S/C17H29N3O3/c1-7-8-13-14(17(22)23-6)12(3)19-15(13)16(21)18-11(2)9-10-20(4)5/h11,19H,7-10H2,1-6H3,(H,18,21)/t11-/m0/s1. The number of methoxy groups -OCH3 is 1. The fourth-order valence-corrected chi connectivity index (χ4v) is 2.57. The zero-order valence-corrected chi connectivity index (χ0v) is 15.1. The van der Waals surface area contributed by atoms with E-state index in [9.17, 15) is 9.59 Å². The van der Waals surface area contributed by atoms with Crippen molar-refractivity contribution in [3.05, 3.63) is 22.5 Å². The molecule has 130 valence electrons. The van der Waals surface area contributed by atoms with Crippen LogP contribution in [0.2, 0.25) is 0 Å². The molecule has 0 aliphatic rings. The summed E-state index contributed by atoms with van der Waals surface area (Å²) in [4.78, 5) is 29.7. The third kappa shape index (κ3) is 5.10. The van der Waals surface area contributed by atoms with Crippen LogP contribution in [0.5, 0.6) is 0 Å². The average Bonchev–Trinajstić information content (AvgIpc) is 2.81. The van der Waals surface area contributed by atoms with E-state index in [4.69, 9.17) is 4.74 Å². The van der Waals surface area contributed by atoms with E-state index >= 15 is 0 Å². The molecule has 1 rings (SSSR count). The first-order chi connectivity index (χ1) is 10.8. The molecule has 0 bridgehead atoms. The summed E-state index contributed by atoms with van der Waals surface area (Å²) in [6, 6.07) is 0.0598. The van der Waals surface area contributed by atoms with Gasteiger partial charge in [-0.15, -0.1) is 0 Å². The minimum Gasteiger partial charge on any atom is -0.465 e. The van der Waals surface area contributed by atoms with Crippen molar-refractivity contribution >= 4 is 11.9 Å². The zero-order chi connectivity index (χ0) is 17.6. The predicted octanol–water partition coefficient (Wildman–Crippen LogP) is 2.13. The molecule has 23 heavy (non-hydrogen) atoms. The van der Waals surface area contributed by atoms with Crippen LogP contribution in [-0.4, -0.2) is 55.6 Å². The van der Waals surface area contributed by atoms with Gasteiger partial charge in [-0.25, -0.2) is 4.79 Å². The lowest BCUT2D eigenvalue weighted by atomic mass is 10.0. The Hall–Kier alpha value is -1.82. The van der Waals surface area contributed by atoms with Crippen LogP contribution in [0.4, 0.5) is 0 Å². The number of hydrogen-bond acceptors (Lipinski definition) is 4. The van der Waals surface area contributed by atoms with Crippen molar-refractivity contribution in [3.8, 4) is 0 Å². The average molecular weight is 323 g/mol. The van der Waals surface area contributed by atoms with Gasteiger partial charge < -0.3 is 19.9 Å². The van der Waals surface area contributed by atoms with Gasteiger partial charge in [0.1, 0.15) is 5.69 Å². The largest absolute Gasteiger partial charge is 0.465 e. The molecule has 6 heteroatoms. The lowest BCUT2D eigenvalue weighted by molar-refractivity contribution is 0.0599. The number of carbonyl (C=O) groups excluding carboxylic acids is 2. The van der Waals surface area contributed by atoms with Crippen LogP contribution in [0.3, 0.4) is 0 Å². The highest BCUT2D eigenvalue weighted by Gasteiger charge is 2.25. The van der Waals surface area contributed by atoms with E-state index in [0.29, 0.717) is 23.4 Å². The number of carbonyl (C=O) groups is 2. The number of nitrogens with zero attached hydrogens (tertiary/aromatic N) is 1. The van der Waals surface area contributed by atoms with Crippen LogP contribution in [-0.2, 0) is 11.2 Å². The van der Waals surface area contributed by atoms with Gasteiger partial charge in [-0.3, -0.25) is 4.79 Å². The molecular formula is C17H29N3O3. The van der Waals surface area contributed by atoms with Gasteiger partial charge in [0.15, 0.2) is 0 Å². The molecule has 0 saturated carbocycles. The Morgan fingerprint density at radius 2 is 2.00 bits per heavy atom. The highest BCUT2D eigenvalue weighted by atomic mass is 16.5. The fraction of sp³-hybridized carbons (Fsp3) is 0.647. The van der Waals surface area contributed by atoms with Crippen LogP contribution in [0, 0.1) is 6.92 Å². The van der Waals surface area contributed by atoms with Gasteiger partial charge in [-0.1, -0.05) is 13.3 Å². The molecule has 1 aromatic rings. The van der Waals surface area contributed by atoms with Crippen molar-refractivity contribution in [1.82, 2.24) is 15.2 Å². The van der Waals surface area contributed by atoms with Crippen LogP contribution >= 0.6 is 0 Å². The van der Waals surface area contributed by atoms with Gasteiger partial charge in [0, 0.05) is 11.7 Å². The lowest BCUT2D eigenvalue weighted by Crippen LogP contribution is -2.35. The lowest BCUT2D eigenvalue weighted by Gasteiger charge is -2.17. The van der Waals surface area contributed by atoms with Gasteiger partial charge in [0.05, 0.1) is 12.7 Å². The molecule has 1 aromatic heterocycles. The SMILES string of the molecule is CCCc1c(C(=O)N[C@@H](C)CCN(C)C)[nH]c(C)c1C(=O)OC. The molecule has 0 saturated heterocycles. The summed E-state index contributed by atoms with van der Waals surface area (Å²) in [5.41, 5.74) is 2.38. The molecule has 0 fully saturated rings. The van der Waals surface area contributed by atoms with Crippen LogP contribution < -0.4 is 5.32 Å². The number of aryl methyl sites for hydroxylation is 1. The summed E-state index contributed by atoms with van der Waals surface area (Å²) in [5.74, 6) is -0.570. The molecule has 0 aromatic carbocycles. The third-order valence-corrected chi connectivity index (χ3v) is 3.79. The molecule has 0 aliphatic heterocycles. The van der Waals surface area contributed by atoms with E-state index in [1.807, 2.05) is 27.9 Å². The highest BCUT2D eigenvalue weighted by Crippen LogP contribution is 2.22. The normalized spacial score (nSPS) is 12.3. The van der Waals surface area contributed by atoms with Crippen molar-refractivity contribution in [2.75, 3.05) is 27.7 Å². The quantitative estimate of drug-likeness (QED) is 0.719. The molecule has 6 nitrogen and oxygen atoms in total. The third-order valence-electron chi connectivity index (χ3n) is 3.79. The molecule has 2 N–H and O–H groups in total. The Balaban J connectivity index is 2.98. The monoisotopic (exact) mass is 323 g/mol. The molecule has 0 radical (unpaired) electrons. The molecule has 0 aliphatic carbocycles. The van der Waals surface area contributed by atoms with E-state index in [0.717, 1.165) is 24.9 Å². The number of H-pyrrole nitrogens is 1. The second-order valence-electron chi connectivity index (χ2n) is 6.19. The van der Waals surface area contributed by atoms with Crippen LogP contribution in [0.15, 0.2) is 0 Å². The van der Waals surface area contributed by atoms with Gasteiger partial charge in [-0.05, 0) is 52.9 Å². The number of amides is 1. The van der Waals surface area contributed by atoms with Gasteiger partial charge in [0.25, 0.3) is 5.91 Å². The Kier molecular flexibility index (Phi) is 7.29. The Morgan fingerprint density at radius 3 is 2.52 bits per heavy atom. The number of esters is 1. The number of aromatic nitrogens is 1. The minimum absolute atomic E-state index is 0.0598. The molecule has 0 spiro atoms. The van der Waals surface area contributed by atoms with E-state index in [1.54, 1.807) is 6.92 Å². The summed E-state index contributed by atoms with van der Waals surface area (Å²) < 4.78 is 4.85. The Labute approximate surface area is 138 Å². The van der Waals surface area contributed by atoms with E-state index in [2.05, 4.69) is 15.2 Å². The van der Waals surface area contributed by atoms with Crippen molar-refractivity contribution in [2.45, 2.75) is 46.1 Å². The summed E-state index contributed by atoms with van der Waals surface area (Å²) >= 11 is 0. The first-order valence-corrected chi connectivity index (χ1v) is 8.07. The predicted molar refractivity (Wildman–Crippen MR) is 91.0 cm³/mol. The minimum atomic E-state index is -0.401. The number of hydrogen-bond donors (Lipinski definition) is 2. The fourth-order valence-electron chi connectivity index (χ4n) is 2.57. The van der Waals surface area contributed by atoms with Crippen molar-refractivity contribution < 1.29 is 14.3 Å². The second kappa shape index (κ2) is 8.72. The summed E-state index contributed by atoms with van der Waals surface area (Å²) in [7, 11) is 5.36. The van der Waals surface area contributed by atoms with Crippen molar-refractivity contribution in [3.63, 3.8) is 0 Å². The maximum Gasteiger partial charge on any atom is 0.339 e. The van der Waals surface area contributed by atoms with Crippen LogP contribution in [0.1, 0.15) is 58.8 Å². The van der Waals surface area contributed by atoms with Gasteiger partial charge >= 0.3 is 5.97 Å². The Morgan fingerprint density at radius 1 is 1.35 bits per heavy atom. The number of nitrogens with one attached hydrogen (secondary N) is 2. The van der Waals surface area contributed by atoms with Gasteiger partial charge in [-0.2, -0.15) is 0 Å². The zero-order valence-electron chi connectivity index (χ0n) is 15.1. The first-order valence-electron chi connectivity index (χ1n) is 8.07. The maximum absolute atomic E-state index is 12.6. The van der Waals surface area contributed by atoms with Crippen molar-refractivity contribution in [2.24, 2.45) is 0 Å². The topological polar surface area (TPSA) is 74.4 Å². The number of rotatable bonds is 8. The summed E-state index contributed by atoms with van der Waals surface area (Å²) in [6.07, 6.45) is 2.37. The van der Waals surface area contributed by atoms with E-state index in [-0.39, 0.29) is 11.9 Å². The maximum atomic E-state index is 12.6. The summed E-state index contributed by atoms with van der Waals surface area (Å²) in [5, 5.41) is 3.00. The smallest absolute Gasteiger partial charge is 0.339 e. The molecular weight excluding hydrogens is 294 g/mol. The molecule has 1 amide bonds. The summed E-state index contributed by atoms with van der Waals surface area (Å²) in [6.45, 7) is 6.70. The molecule has 0 unspecified atom stereocenters. The molecule has 1 atom stereocenters. The van der Waals surface area contributed by atoms with Crippen LogP contribution in [0.25, 0.3) is 0 Å². The number of aromatic amines is 1. The van der Waals surface area contributed by atoms with Gasteiger partial charge in [0.2, 0.25) is 0 Å². The molecule has 1 heterocycles. The second-order valence-corrected chi connectivity index (χ2v) is 6.19.